The molecule has 7 heteroatoms. The SMILES string of the molecule is NC1CCCCC1.NCCCC[C@H](N)C(=O)O.O=Cc1ccc(Br)cc1. The van der Waals surface area contributed by atoms with Gasteiger partial charge >= 0.3 is 5.97 Å². The van der Waals surface area contributed by atoms with Crippen LogP contribution in [-0.4, -0.2) is 36.0 Å². The van der Waals surface area contributed by atoms with Crippen molar-refractivity contribution in [2.45, 2.75) is 63.5 Å². The van der Waals surface area contributed by atoms with Gasteiger partial charge in [0.1, 0.15) is 12.3 Å². The zero-order chi connectivity index (χ0) is 19.8. The van der Waals surface area contributed by atoms with Crippen molar-refractivity contribution in [3.8, 4) is 0 Å². The maximum absolute atomic E-state index is 10.1. The van der Waals surface area contributed by atoms with Gasteiger partial charge in [-0.1, -0.05) is 53.7 Å². The Morgan fingerprint density at radius 1 is 1.19 bits per heavy atom. The number of carboxylic acids is 1. The summed E-state index contributed by atoms with van der Waals surface area (Å²) in [7, 11) is 0. The summed E-state index contributed by atoms with van der Waals surface area (Å²) in [6, 6.07) is 7.02. The predicted octanol–water partition coefficient (Wildman–Crippen LogP) is 3.07. The summed E-state index contributed by atoms with van der Waals surface area (Å²) in [5.74, 6) is -0.933. The van der Waals surface area contributed by atoms with E-state index in [2.05, 4.69) is 15.9 Å². The van der Waals surface area contributed by atoms with Crippen LogP contribution in [0.25, 0.3) is 0 Å². The average Bonchev–Trinajstić information content (AvgIpc) is 2.64. The molecule has 0 aliphatic heterocycles. The molecule has 0 saturated heterocycles. The van der Waals surface area contributed by atoms with Crippen molar-refractivity contribution in [2.24, 2.45) is 17.2 Å². The second kappa shape index (κ2) is 15.9. The van der Waals surface area contributed by atoms with Crippen molar-refractivity contribution >= 4 is 28.2 Å². The molecule has 6 nitrogen and oxygen atoms in total. The van der Waals surface area contributed by atoms with Crippen LogP contribution in [0.1, 0.15) is 61.7 Å². The molecule has 0 amide bonds. The van der Waals surface area contributed by atoms with Crippen LogP contribution in [0.3, 0.4) is 0 Å². The third-order valence-electron chi connectivity index (χ3n) is 3.94. The number of hydrogen-bond acceptors (Lipinski definition) is 5. The van der Waals surface area contributed by atoms with Gasteiger partial charge in [-0.3, -0.25) is 9.59 Å². The Labute approximate surface area is 164 Å². The number of nitrogens with two attached hydrogens (primary N) is 3. The molecule has 0 bridgehead atoms. The fourth-order valence-electron chi connectivity index (χ4n) is 2.31. The molecule has 0 spiro atoms. The van der Waals surface area contributed by atoms with E-state index >= 15 is 0 Å². The number of carbonyl (C=O) groups excluding carboxylic acids is 1. The number of carbonyl (C=O) groups is 2. The van der Waals surface area contributed by atoms with E-state index in [9.17, 15) is 9.59 Å². The summed E-state index contributed by atoms with van der Waals surface area (Å²) in [6.45, 7) is 0.604. The average molecular weight is 430 g/mol. The van der Waals surface area contributed by atoms with Crippen molar-refractivity contribution in [1.29, 1.82) is 0 Å². The molecule has 0 aromatic heterocycles. The lowest BCUT2D eigenvalue weighted by Crippen LogP contribution is -2.29. The molecule has 148 valence electrons. The number of aldehydes is 1. The second-order valence-corrected chi connectivity index (χ2v) is 7.21. The summed E-state index contributed by atoms with van der Waals surface area (Å²) in [5.41, 5.74) is 16.8. The number of halogens is 1. The monoisotopic (exact) mass is 429 g/mol. The molecule has 0 radical (unpaired) electrons. The molecular weight excluding hydrogens is 398 g/mol. The van der Waals surface area contributed by atoms with Gasteiger partial charge in [0.15, 0.2) is 0 Å². The smallest absolute Gasteiger partial charge is 0.320 e. The van der Waals surface area contributed by atoms with Crippen molar-refractivity contribution in [1.82, 2.24) is 0 Å². The summed E-state index contributed by atoms with van der Waals surface area (Å²) < 4.78 is 0.994. The van der Waals surface area contributed by atoms with Crippen molar-refractivity contribution in [3.63, 3.8) is 0 Å². The molecule has 26 heavy (non-hydrogen) atoms. The van der Waals surface area contributed by atoms with E-state index in [1.54, 1.807) is 12.1 Å². The van der Waals surface area contributed by atoms with Gasteiger partial charge in [-0.05, 0) is 44.4 Å². The Morgan fingerprint density at radius 2 is 1.77 bits per heavy atom. The van der Waals surface area contributed by atoms with Crippen LogP contribution < -0.4 is 17.2 Å². The molecule has 1 aromatic carbocycles. The highest BCUT2D eigenvalue weighted by Gasteiger charge is 2.09. The van der Waals surface area contributed by atoms with Gasteiger partial charge in [-0.2, -0.15) is 0 Å². The minimum Gasteiger partial charge on any atom is -0.480 e. The first kappa shape index (κ1) is 24.7. The molecule has 7 N–H and O–H groups in total. The molecule has 0 unspecified atom stereocenters. The molecule has 1 atom stereocenters. The quantitative estimate of drug-likeness (QED) is 0.405. The summed E-state index contributed by atoms with van der Waals surface area (Å²) >= 11 is 3.26. The minimum atomic E-state index is -0.933. The summed E-state index contributed by atoms with van der Waals surface area (Å²) in [5, 5.41) is 8.33. The number of rotatable bonds is 6. The zero-order valence-electron chi connectivity index (χ0n) is 15.3. The lowest BCUT2D eigenvalue weighted by atomic mass is 9.97. The standard InChI is InChI=1S/C7H5BrO.C6H14N2O2.C6H13N/c8-7-3-1-6(5-9)2-4-7;7-4-2-1-3-5(8)6(9)10;7-6-4-2-1-3-5-6/h1-5H;5H,1-4,7-8H2,(H,9,10);6H,1-5,7H2/t;5-;/m.0./s1. The first-order valence-corrected chi connectivity index (χ1v) is 9.84. The van der Waals surface area contributed by atoms with E-state index in [1.165, 1.54) is 32.1 Å². The molecule has 1 aromatic rings. The fraction of sp³-hybridized carbons (Fsp3) is 0.579. The van der Waals surface area contributed by atoms with Crippen molar-refractivity contribution in [2.75, 3.05) is 6.54 Å². The van der Waals surface area contributed by atoms with Crippen LogP contribution >= 0.6 is 15.9 Å². The molecule has 1 saturated carbocycles. The first-order valence-electron chi connectivity index (χ1n) is 9.05. The van der Waals surface area contributed by atoms with Gasteiger partial charge in [0.2, 0.25) is 0 Å². The van der Waals surface area contributed by atoms with Gasteiger partial charge in [0.25, 0.3) is 0 Å². The van der Waals surface area contributed by atoms with Crippen LogP contribution in [0.4, 0.5) is 0 Å². The number of benzene rings is 1. The van der Waals surface area contributed by atoms with Crippen LogP contribution in [-0.2, 0) is 4.79 Å². The second-order valence-electron chi connectivity index (χ2n) is 6.30. The highest BCUT2D eigenvalue weighted by atomic mass is 79.9. The lowest BCUT2D eigenvalue weighted by molar-refractivity contribution is -0.138. The number of unbranched alkanes of at least 4 members (excludes halogenated alkanes) is 1. The van der Waals surface area contributed by atoms with Gasteiger partial charge in [0, 0.05) is 16.1 Å². The minimum absolute atomic E-state index is 0.520. The Hall–Kier alpha value is -1.28. The molecule has 1 aliphatic carbocycles. The maximum Gasteiger partial charge on any atom is 0.320 e. The normalized spacial score (nSPS) is 14.9. The number of carboxylic acid groups (broad SMARTS) is 1. The molecule has 1 aliphatic rings. The van der Waals surface area contributed by atoms with Crippen molar-refractivity contribution in [3.05, 3.63) is 34.3 Å². The van der Waals surface area contributed by atoms with Gasteiger partial charge < -0.3 is 22.3 Å². The summed E-state index contributed by atoms with van der Waals surface area (Å²) in [4.78, 5) is 20.2. The largest absolute Gasteiger partial charge is 0.480 e. The highest BCUT2D eigenvalue weighted by molar-refractivity contribution is 9.10. The Kier molecular flexibility index (Phi) is 15.2. The van der Waals surface area contributed by atoms with E-state index in [4.69, 9.17) is 22.3 Å². The van der Waals surface area contributed by atoms with Gasteiger partial charge in [-0.15, -0.1) is 0 Å². The molecule has 0 heterocycles. The highest BCUT2D eigenvalue weighted by Crippen LogP contribution is 2.14. The van der Waals surface area contributed by atoms with Crippen LogP contribution in [0.2, 0.25) is 0 Å². The van der Waals surface area contributed by atoms with E-state index < -0.39 is 12.0 Å². The lowest BCUT2D eigenvalue weighted by Gasteiger charge is -2.15. The Balaban J connectivity index is 0.000000365. The van der Waals surface area contributed by atoms with E-state index in [0.29, 0.717) is 24.6 Å². The molecule has 1 fully saturated rings. The fourth-order valence-corrected chi connectivity index (χ4v) is 2.57. The van der Waals surface area contributed by atoms with Crippen molar-refractivity contribution < 1.29 is 14.7 Å². The maximum atomic E-state index is 10.1. The number of hydrogen-bond donors (Lipinski definition) is 4. The van der Waals surface area contributed by atoms with Crippen LogP contribution in [0.5, 0.6) is 0 Å². The molecule has 2 rings (SSSR count). The predicted molar refractivity (Wildman–Crippen MR) is 109 cm³/mol. The van der Waals surface area contributed by atoms with Crippen LogP contribution in [0, 0.1) is 0 Å². The van der Waals surface area contributed by atoms with E-state index in [-0.39, 0.29) is 0 Å². The third kappa shape index (κ3) is 13.9. The topological polar surface area (TPSA) is 132 Å². The van der Waals surface area contributed by atoms with Crippen LogP contribution in [0.15, 0.2) is 28.7 Å². The van der Waals surface area contributed by atoms with E-state index in [0.717, 1.165) is 23.6 Å². The first-order chi connectivity index (χ1) is 12.4. The van der Waals surface area contributed by atoms with Gasteiger partial charge in [0.05, 0.1) is 0 Å². The Bertz CT molecular complexity index is 491. The molecular formula is C19H32BrN3O3. The van der Waals surface area contributed by atoms with Gasteiger partial charge in [-0.25, -0.2) is 0 Å². The summed E-state index contributed by atoms with van der Waals surface area (Å²) in [6.07, 6.45) is 9.65. The Morgan fingerprint density at radius 3 is 2.15 bits per heavy atom. The zero-order valence-corrected chi connectivity index (χ0v) is 16.9. The number of aliphatic carboxylic acids is 1. The van der Waals surface area contributed by atoms with E-state index in [1.807, 2.05) is 12.1 Å². The third-order valence-corrected chi connectivity index (χ3v) is 4.47.